The van der Waals surface area contributed by atoms with E-state index in [0.29, 0.717) is 5.39 Å². The average Bonchev–Trinajstić information content (AvgIpc) is 2.43. The molecule has 0 aliphatic rings. The normalized spacial score (nSPS) is 13.4. The summed E-state index contributed by atoms with van der Waals surface area (Å²) >= 11 is 0. The predicted octanol–water partition coefficient (Wildman–Crippen LogP) is 0.886. The second-order valence-electron chi connectivity index (χ2n) is 3.53. The number of H-pyrrole nitrogens is 1. The molecule has 3 N–H and O–H groups in total. The Labute approximate surface area is 81.3 Å². The van der Waals surface area contributed by atoms with Crippen LogP contribution in [0, 0.1) is 0 Å². The Bertz CT molecular complexity index is 522. The highest BCUT2D eigenvalue weighted by Gasteiger charge is 2.10. The monoisotopic (exact) mass is 191 g/mol. The van der Waals surface area contributed by atoms with Gasteiger partial charge in [-0.3, -0.25) is 14.6 Å². The van der Waals surface area contributed by atoms with E-state index in [0.717, 1.165) is 11.1 Å². The molecule has 1 atom stereocenters. The number of hydrogen-bond donors (Lipinski definition) is 2. The summed E-state index contributed by atoms with van der Waals surface area (Å²) in [6.07, 6.45) is 0. The van der Waals surface area contributed by atoms with Crippen LogP contribution in [0.25, 0.3) is 10.9 Å². The van der Waals surface area contributed by atoms with Crippen LogP contribution < -0.4 is 11.3 Å². The Balaban J connectivity index is 2.93. The molecule has 1 heterocycles. The highest BCUT2D eigenvalue weighted by molar-refractivity contribution is 5.82. The molecule has 0 saturated heterocycles. The van der Waals surface area contributed by atoms with Gasteiger partial charge in [-0.05, 0) is 18.6 Å². The Morgan fingerprint density at radius 3 is 2.86 bits per heavy atom. The van der Waals surface area contributed by atoms with Crippen molar-refractivity contribution >= 4 is 10.9 Å². The molecule has 14 heavy (non-hydrogen) atoms. The summed E-state index contributed by atoms with van der Waals surface area (Å²) in [5.74, 6) is 0. The number of aromatic amines is 1. The Kier molecular flexibility index (Phi) is 1.93. The molecule has 0 fully saturated rings. The summed E-state index contributed by atoms with van der Waals surface area (Å²) < 4.78 is 1.71. The lowest BCUT2D eigenvalue weighted by atomic mass is 10.0. The molecule has 0 aliphatic heterocycles. The number of hydrogen-bond acceptors (Lipinski definition) is 2. The molecular formula is C10H13N3O. The fourth-order valence-electron chi connectivity index (χ4n) is 1.73. The maximum atomic E-state index is 11.6. The maximum Gasteiger partial charge on any atom is 0.272 e. The standard InChI is InChI=1S/C10H13N3O/c1-6(11)7-4-3-5-8-9(7)10(14)12-13(8)2/h3-6H,11H2,1-2H3,(H,12,14). The third-order valence-electron chi connectivity index (χ3n) is 2.42. The minimum Gasteiger partial charge on any atom is -0.324 e. The van der Waals surface area contributed by atoms with Gasteiger partial charge in [0.15, 0.2) is 0 Å². The van der Waals surface area contributed by atoms with Gasteiger partial charge in [-0.25, -0.2) is 0 Å². The van der Waals surface area contributed by atoms with Crippen molar-refractivity contribution < 1.29 is 0 Å². The van der Waals surface area contributed by atoms with Crippen LogP contribution in [0.3, 0.4) is 0 Å². The van der Waals surface area contributed by atoms with Crippen molar-refractivity contribution in [3.8, 4) is 0 Å². The quantitative estimate of drug-likeness (QED) is 0.703. The summed E-state index contributed by atoms with van der Waals surface area (Å²) in [6.45, 7) is 1.88. The van der Waals surface area contributed by atoms with Gasteiger partial charge in [0, 0.05) is 13.1 Å². The van der Waals surface area contributed by atoms with Crippen LogP contribution in [0.5, 0.6) is 0 Å². The fraction of sp³-hybridized carbons (Fsp3) is 0.300. The lowest BCUT2D eigenvalue weighted by Gasteiger charge is -2.05. The van der Waals surface area contributed by atoms with Gasteiger partial charge in [0.25, 0.3) is 5.56 Å². The molecule has 2 aromatic rings. The van der Waals surface area contributed by atoms with Crippen molar-refractivity contribution in [2.45, 2.75) is 13.0 Å². The van der Waals surface area contributed by atoms with Crippen LogP contribution in [0.1, 0.15) is 18.5 Å². The van der Waals surface area contributed by atoms with Crippen molar-refractivity contribution in [1.82, 2.24) is 9.78 Å². The SMILES string of the molecule is CC(N)c1cccc2c1c(=O)[nH]n2C. The zero-order valence-electron chi connectivity index (χ0n) is 8.24. The van der Waals surface area contributed by atoms with Gasteiger partial charge in [0.05, 0.1) is 10.9 Å². The zero-order valence-corrected chi connectivity index (χ0v) is 8.24. The third-order valence-corrected chi connectivity index (χ3v) is 2.42. The van der Waals surface area contributed by atoms with E-state index in [1.54, 1.807) is 4.68 Å². The van der Waals surface area contributed by atoms with Crippen molar-refractivity contribution in [2.24, 2.45) is 12.8 Å². The van der Waals surface area contributed by atoms with Crippen LogP contribution in [0.15, 0.2) is 23.0 Å². The number of nitrogens with two attached hydrogens (primary N) is 1. The molecule has 0 radical (unpaired) electrons. The minimum absolute atomic E-state index is 0.0737. The van der Waals surface area contributed by atoms with Crippen molar-refractivity contribution in [1.29, 1.82) is 0 Å². The molecule has 4 nitrogen and oxygen atoms in total. The highest BCUT2D eigenvalue weighted by Crippen LogP contribution is 2.18. The zero-order chi connectivity index (χ0) is 10.3. The smallest absolute Gasteiger partial charge is 0.272 e. The second-order valence-corrected chi connectivity index (χ2v) is 3.53. The van der Waals surface area contributed by atoms with Crippen LogP contribution in [-0.2, 0) is 7.05 Å². The molecule has 0 saturated carbocycles. The number of nitrogens with zero attached hydrogens (tertiary/aromatic N) is 1. The number of rotatable bonds is 1. The molecule has 0 amide bonds. The van der Waals surface area contributed by atoms with Gasteiger partial charge in [-0.1, -0.05) is 12.1 Å². The molecule has 2 rings (SSSR count). The second kappa shape index (κ2) is 2.99. The molecule has 4 heteroatoms. The molecular weight excluding hydrogens is 178 g/mol. The van der Waals surface area contributed by atoms with E-state index in [1.807, 2.05) is 32.2 Å². The van der Waals surface area contributed by atoms with Crippen molar-refractivity contribution in [3.05, 3.63) is 34.1 Å². The van der Waals surface area contributed by atoms with Gasteiger partial charge < -0.3 is 5.73 Å². The Morgan fingerprint density at radius 2 is 2.21 bits per heavy atom. The number of nitrogens with one attached hydrogen (secondary N) is 1. The van der Waals surface area contributed by atoms with Crippen molar-refractivity contribution in [2.75, 3.05) is 0 Å². The van der Waals surface area contributed by atoms with Crippen LogP contribution >= 0.6 is 0 Å². The molecule has 1 aromatic carbocycles. The molecule has 0 bridgehead atoms. The topological polar surface area (TPSA) is 63.8 Å². The van der Waals surface area contributed by atoms with E-state index in [1.165, 1.54) is 0 Å². The first-order valence-electron chi connectivity index (χ1n) is 4.54. The minimum atomic E-state index is -0.123. The Hall–Kier alpha value is -1.55. The van der Waals surface area contributed by atoms with E-state index in [2.05, 4.69) is 5.10 Å². The molecule has 1 aromatic heterocycles. The number of benzene rings is 1. The van der Waals surface area contributed by atoms with Gasteiger partial charge >= 0.3 is 0 Å². The lowest BCUT2D eigenvalue weighted by Crippen LogP contribution is -2.09. The summed E-state index contributed by atoms with van der Waals surface area (Å²) in [4.78, 5) is 11.6. The summed E-state index contributed by atoms with van der Waals surface area (Å²) in [5.41, 5.74) is 7.51. The van der Waals surface area contributed by atoms with Gasteiger partial charge in [-0.2, -0.15) is 0 Å². The maximum absolute atomic E-state index is 11.6. The van der Waals surface area contributed by atoms with E-state index in [9.17, 15) is 4.79 Å². The van der Waals surface area contributed by atoms with E-state index < -0.39 is 0 Å². The van der Waals surface area contributed by atoms with Gasteiger partial charge in [-0.15, -0.1) is 0 Å². The molecule has 1 unspecified atom stereocenters. The first-order chi connectivity index (χ1) is 6.61. The van der Waals surface area contributed by atoms with Crippen LogP contribution in [-0.4, -0.2) is 9.78 Å². The van der Waals surface area contributed by atoms with E-state index in [4.69, 9.17) is 5.73 Å². The Morgan fingerprint density at radius 1 is 1.50 bits per heavy atom. The molecule has 74 valence electrons. The van der Waals surface area contributed by atoms with E-state index >= 15 is 0 Å². The van der Waals surface area contributed by atoms with Crippen molar-refractivity contribution in [3.63, 3.8) is 0 Å². The van der Waals surface area contributed by atoms with Gasteiger partial charge in [0.1, 0.15) is 0 Å². The fourth-order valence-corrected chi connectivity index (χ4v) is 1.73. The van der Waals surface area contributed by atoms with Gasteiger partial charge in [0.2, 0.25) is 0 Å². The number of aromatic nitrogens is 2. The number of aryl methyl sites for hydroxylation is 1. The average molecular weight is 191 g/mol. The summed E-state index contributed by atoms with van der Waals surface area (Å²) in [5, 5.41) is 3.42. The molecule has 0 spiro atoms. The van der Waals surface area contributed by atoms with E-state index in [-0.39, 0.29) is 11.6 Å². The summed E-state index contributed by atoms with van der Waals surface area (Å²) in [6, 6.07) is 5.58. The lowest BCUT2D eigenvalue weighted by molar-refractivity contribution is 0.783. The third kappa shape index (κ3) is 1.15. The summed E-state index contributed by atoms with van der Waals surface area (Å²) in [7, 11) is 1.81. The largest absolute Gasteiger partial charge is 0.324 e. The first kappa shape index (κ1) is 9.02. The predicted molar refractivity (Wildman–Crippen MR) is 56.1 cm³/mol. The number of fused-ring (bicyclic) bond motifs is 1. The molecule has 0 aliphatic carbocycles. The first-order valence-corrected chi connectivity index (χ1v) is 4.54. The van der Waals surface area contributed by atoms with Crippen LogP contribution in [0.4, 0.5) is 0 Å². The highest BCUT2D eigenvalue weighted by atomic mass is 16.1. The van der Waals surface area contributed by atoms with Crippen LogP contribution in [0.2, 0.25) is 0 Å².